The lowest BCUT2D eigenvalue weighted by Gasteiger charge is -2.31. The van der Waals surface area contributed by atoms with E-state index in [1.807, 2.05) is 27.7 Å². The van der Waals surface area contributed by atoms with Crippen LogP contribution in [-0.4, -0.2) is 58.8 Å². The molecule has 4 atom stereocenters. The van der Waals surface area contributed by atoms with Crippen molar-refractivity contribution in [3.8, 4) is 0 Å². The van der Waals surface area contributed by atoms with E-state index in [9.17, 15) is 19.2 Å². The van der Waals surface area contributed by atoms with Crippen LogP contribution in [-0.2, 0) is 30.7 Å². The number of carbonyl (C=O) groups excluding carboxylic acids is 4. The Labute approximate surface area is 255 Å². The second-order valence-electron chi connectivity index (χ2n) is 12.0. The molecule has 8 nitrogen and oxygen atoms in total. The Bertz CT molecular complexity index is 1030. The van der Waals surface area contributed by atoms with Gasteiger partial charge in [0.1, 0.15) is 17.6 Å². The van der Waals surface area contributed by atoms with Crippen LogP contribution < -0.4 is 21.3 Å². The van der Waals surface area contributed by atoms with E-state index in [1.54, 1.807) is 37.4 Å². The molecule has 0 spiro atoms. The molecule has 4 N–H and O–H groups in total. The Morgan fingerprint density at radius 3 is 2.20 bits per heavy atom. The van der Waals surface area contributed by atoms with Crippen LogP contribution in [0.4, 0.5) is 0 Å². The number of fused-ring (bicyclic) bond motifs is 2. The van der Waals surface area contributed by atoms with Crippen molar-refractivity contribution in [2.75, 3.05) is 11.5 Å². The fourth-order valence-corrected chi connectivity index (χ4v) is 6.53. The Hall–Kier alpha value is -2.20. The molecule has 1 aliphatic rings. The first-order valence-corrected chi connectivity index (χ1v) is 17.1. The van der Waals surface area contributed by atoms with Crippen LogP contribution in [0.15, 0.2) is 24.3 Å². The van der Waals surface area contributed by atoms with Crippen molar-refractivity contribution in [1.29, 1.82) is 0 Å². The van der Waals surface area contributed by atoms with E-state index in [0.29, 0.717) is 18.6 Å². The normalized spacial score (nSPS) is 24.6. The first-order chi connectivity index (χ1) is 19.4. The van der Waals surface area contributed by atoms with E-state index in [1.165, 1.54) is 11.1 Å². The second kappa shape index (κ2) is 17.0. The summed E-state index contributed by atoms with van der Waals surface area (Å²) in [7, 11) is 0. The molecule has 4 amide bonds. The zero-order chi connectivity index (χ0) is 30.6. The van der Waals surface area contributed by atoms with E-state index >= 15 is 0 Å². The molecule has 1 aromatic carbocycles. The molecule has 0 aliphatic carbocycles. The predicted octanol–water partition coefficient (Wildman–Crippen LogP) is 4.41. The number of rotatable bonds is 5. The van der Waals surface area contributed by atoms with Gasteiger partial charge in [-0.05, 0) is 49.7 Å². The van der Waals surface area contributed by atoms with Gasteiger partial charge >= 0.3 is 0 Å². The van der Waals surface area contributed by atoms with E-state index in [0.717, 1.165) is 23.7 Å². The minimum Gasteiger partial charge on any atom is -0.351 e. The third kappa shape index (κ3) is 11.9. The van der Waals surface area contributed by atoms with E-state index in [2.05, 4.69) is 52.5 Å². The predicted molar refractivity (Wildman–Crippen MR) is 171 cm³/mol. The summed E-state index contributed by atoms with van der Waals surface area (Å²) in [6.45, 7) is 13.2. The highest BCUT2D eigenvalue weighted by atomic mass is 32.2. The number of carbonyl (C=O) groups is 4. The molecule has 0 unspecified atom stereocenters. The maximum absolute atomic E-state index is 13.5. The first kappa shape index (κ1) is 35.0. The summed E-state index contributed by atoms with van der Waals surface area (Å²) in [6, 6.07) is 6.88. The second-order valence-corrected chi connectivity index (χ2v) is 14.1. The van der Waals surface area contributed by atoms with Crippen LogP contribution in [0.5, 0.6) is 0 Å². The number of thioether (sulfide) groups is 2. The van der Waals surface area contributed by atoms with Gasteiger partial charge in [-0.15, -0.1) is 0 Å². The average molecular weight is 607 g/mol. The molecule has 0 saturated carbocycles. The third-order valence-corrected chi connectivity index (χ3v) is 9.51. The molecular weight excluding hydrogens is 556 g/mol. The average Bonchev–Trinajstić information content (AvgIpc) is 2.91. The van der Waals surface area contributed by atoms with Crippen LogP contribution in [0.25, 0.3) is 0 Å². The number of hydrogen-bond donors (Lipinski definition) is 4. The SMILES string of the molecule is CC[C@@H]1CSCc2cccc(c2)CSCCC(=O)NC(C)(C)C(=O)N[C@@H](CC(C)C)C(=O)N[C@@H]([C@@H](C)CC)C(=O)N1. The van der Waals surface area contributed by atoms with Gasteiger partial charge in [-0.2, -0.15) is 23.5 Å². The number of nitrogens with one attached hydrogen (secondary N) is 4. The van der Waals surface area contributed by atoms with Crippen molar-refractivity contribution in [3.63, 3.8) is 0 Å². The summed E-state index contributed by atoms with van der Waals surface area (Å²) >= 11 is 3.46. The molecule has 0 radical (unpaired) electrons. The van der Waals surface area contributed by atoms with E-state index in [-0.39, 0.29) is 36.1 Å². The zero-order valence-electron chi connectivity index (χ0n) is 25.8. The zero-order valence-corrected chi connectivity index (χ0v) is 27.4. The van der Waals surface area contributed by atoms with Crippen LogP contribution in [0.1, 0.15) is 85.3 Å². The third-order valence-electron chi connectivity index (χ3n) is 7.30. The largest absolute Gasteiger partial charge is 0.351 e. The quantitative estimate of drug-likeness (QED) is 0.395. The van der Waals surface area contributed by atoms with Crippen molar-refractivity contribution in [3.05, 3.63) is 35.4 Å². The van der Waals surface area contributed by atoms with Gasteiger partial charge in [0.2, 0.25) is 23.6 Å². The van der Waals surface area contributed by atoms with Gasteiger partial charge in [-0.25, -0.2) is 0 Å². The molecule has 230 valence electrons. The fraction of sp³-hybridized carbons (Fsp3) is 0.677. The summed E-state index contributed by atoms with van der Waals surface area (Å²) < 4.78 is 0. The summed E-state index contributed by atoms with van der Waals surface area (Å²) in [5, 5.41) is 11.8. The van der Waals surface area contributed by atoms with Gasteiger partial charge in [-0.3, -0.25) is 19.2 Å². The number of amides is 4. The molecule has 2 bridgehead atoms. The van der Waals surface area contributed by atoms with Gasteiger partial charge in [0.15, 0.2) is 0 Å². The topological polar surface area (TPSA) is 116 Å². The van der Waals surface area contributed by atoms with Gasteiger partial charge in [-0.1, -0.05) is 65.3 Å². The molecule has 0 fully saturated rings. The van der Waals surface area contributed by atoms with Crippen molar-refractivity contribution in [1.82, 2.24) is 21.3 Å². The maximum atomic E-state index is 13.5. The highest BCUT2D eigenvalue weighted by Crippen LogP contribution is 2.20. The standard InChI is InChI=1S/C31H50N4O4S2/c1-8-21(5)27-29(38)32-24(9-2)19-41-18-23-12-10-11-22(16-23)17-40-14-13-26(36)35-31(6,7)30(39)33-25(15-20(3)4)28(37)34-27/h10-12,16,20-21,24-25,27H,8-9,13-15,17-19H2,1-7H3,(H,32,38)(H,33,39)(H,34,37)(H,35,36)/t21-,24+,25-,27-/m0/s1. The summed E-state index contributed by atoms with van der Waals surface area (Å²) in [6.07, 6.45) is 2.18. The minimum atomic E-state index is -1.21. The highest BCUT2D eigenvalue weighted by Gasteiger charge is 2.35. The van der Waals surface area contributed by atoms with Gasteiger partial charge in [0.05, 0.1) is 0 Å². The first-order valence-electron chi connectivity index (χ1n) is 14.8. The van der Waals surface area contributed by atoms with E-state index in [4.69, 9.17) is 0 Å². The molecule has 1 aliphatic heterocycles. The lowest BCUT2D eigenvalue weighted by molar-refractivity contribution is -0.136. The fourth-order valence-electron chi connectivity index (χ4n) is 4.50. The van der Waals surface area contributed by atoms with Gasteiger partial charge in [0.25, 0.3) is 0 Å². The molecule has 41 heavy (non-hydrogen) atoms. The Kier molecular flexibility index (Phi) is 14.6. The number of benzene rings is 1. The summed E-state index contributed by atoms with van der Waals surface area (Å²) in [5.74, 6) is 1.81. The van der Waals surface area contributed by atoms with Gasteiger partial charge in [0, 0.05) is 35.5 Å². The minimum absolute atomic E-state index is 0.0249. The Balaban J connectivity index is 2.33. The van der Waals surface area contributed by atoms with Crippen molar-refractivity contribution >= 4 is 47.2 Å². The van der Waals surface area contributed by atoms with Crippen LogP contribution >= 0.6 is 23.5 Å². The van der Waals surface area contributed by atoms with Crippen molar-refractivity contribution in [2.24, 2.45) is 11.8 Å². The van der Waals surface area contributed by atoms with Crippen LogP contribution in [0.2, 0.25) is 0 Å². The summed E-state index contributed by atoms with van der Waals surface area (Å²) in [4.78, 5) is 53.0. The molecular formula is C31H50N4O4S2. The molecule has 1 heterocycles. The van der Waals surface area contributed by atoms with Crippen molar-refractivity contribution < 1.29 is 19.2 Å². The lowest BCUT2D eigenvalue weighted by Crippen LogP contribution is -2.61. The summed E-state index contributed by atoms with van der Waals surface area (Å²) in [5.41, 5.74) is 1.23. The Morgan fingerprint density at radius 2 is 1.59 bits per heavy atom. The Morgan fingerprint density at radius 1 is 0.927 bits per heavy atom. The van der Waals surface area contributed by atoms with Crippen LogP contribution in [0, 0.1) is 11.8 Å². The van der Waals surface area contributed by atoms with Gasteiger partial charge < -0.3 is 21.3 Å². The molecule has 0 aromatic heterocycles. The molecule has 2 rings (SSSR count). The lowest BCUT2D eigenvalue weighted by atomic mass is 9.96. The smallest absolute Gasteiger partial charge is 0.245 e. The number of hydrogen-bond acceptors (Lipinski definition) is 6. The van der Waals surface area contributed by atoms with Crippen LogP contribution in [0.3, 0.4) is 0 Å². The highest BCUT2D eigenvalue weighted by molar-refractivity contribution is 7.98. The molecule has 10 heteroatoms. The maximum Gasteiger partial charge on any atom is 0.245 e. The molecule has 1 aromatic rings. The van der Waals surface area contributed by atoms with Crippen molar-refractivity contribution in [2.45, 2.75) is 109 Å². The monoisotopic (exact) mass is 606 g/mol. The van der Waals surface area contributed by atoms with E-state index < -0.39 is 29.4 Å². The molecule has 0 saturated heterocycles.